The number of nitro benzene ring substituents is 1. The van der Waals surface area contributed by atoms with Crippen molar-refractivity contribution in [3.05, 3.63) is 63.2 Å². The quantitative estimate of drug-likeness (QED) is 0.377. The summed E-state index contributed by atoms with van der Waals surface area (Å²) in [5, 5.41) is 14.0. The van der Waals surface area contributed by atoms with Gasteiger partial charge in [-0.3, -0.25) is 10.1 Å². The fraction of sp³-hybridized carbons (Fsp3) is 0.278. The summed E-state index contributed by atoms with van der Waals surface area (Å²) in [5.41, 5.74) is 10.2. The van der Waals surface area contributed by atoms with Crippen LogP contribution in [0, 0.1) is 10.1 Å². The molecule has 0 radical (unpaired) electrons. The van der Waals surface area contributed by atoms with Crippen molar-refractivity contribution in [2.45, 2.75) is 25.8 Å². The largest absolute Gasteiger partial charge is 0.496 e. The molecule has 0 saturated carbocycles. The van der Waals surface area contributed by atoms with Gasteiger partial charge in [0.25, 0.3) is 5.69 Å². The second-order valence-corrected chi connectivity index (χ2v) is 5.92. The molecule has 0 aromatic heterocycles. The first-order valence-corrected chi connectivity index (χ1v) is 8.07. The van der Waals surface area contributed by atoms with Crippen LogP contribution in [0.2, 0.25) is 0 Å². The van der Waals surface area contributed by atoms with Crippen molar-refractivity contribution in [3.63, 3.8) is 0 Å². The van der Waals surface area contributed by atoms with Crippen LogP contribution < -0.4 is 15.8 Å². The third kappa shape index (κ3) is 3.88. The lowest BCUT2D eigenvalue weighted by Crippen LogP contribution is -2.22. The number of ether oxygens (including phenoxy) is 1. The summed E-state index contributed by atoms with van der Waals surface area (Å²) in [6, 6.07) is 10.6. The minimum Gasteiger partial charge on any atom is -0.496 e. The van der Waals surface area contributed by atoms with Crippen LogP contribution in [0.1, 0.15) is 23.1 Å². The van der Waals surface area contributed by atoms with Crippen LogP contribution in [0.3, 0.4) is 0 Å². The van der Waals surface area contributed by atoms with Crippen molar-refractivity contribution in [3.8, 4) is 5.75 Å². The van der Waals surface area contributed by atoms with Gasteiger partial charge >= 0.3 is 0 Å². The molecule has 3 rings (SSSR count). The van der Waals surface area contributed by atoms with Gasteiger partial charge < -0.3 is 15.8 Å². The Bertz CT molecular complexity index is 833. The van der Waals surface area contributed by atoms with E-state index in [2.05, 4.69) is 22.4 Å². The van der Waals surface area contributed by atoms with E-state index in [1.54, 1.807) is 6.07 Å². The molecule has 0 atom stereocenters. The van der Waals surface area contributed by atoms with Crippen molar-refractivity contribution in [1.82, 2.24) is 0 Å². The first-order chi connectivity index (χ1) is 12.1. The number of anilines is 1. The fourth-order valence-electron chi connectivity index (χ4n) is 3.01. The number of guanidine groups is 1. The summed E-state index contributed by atoms with van der Waals surface area (Å²) in [6.07, 6.45) is 3.41. The van der Waals surface area contributed by atoms with E-state index in [4.69, 9.17) is 10.5 Å². The zero-order valence-corrected chi connectivity index (χ0v) is 14.0. The van der Waals surface area contributed by atoms with Crippen LogP contribution in [0.15, 0.2) is 41.4 Å². The van der Waals surface area contributed by atoms with Crippen LogP contribution in [-0.2, 0) is 19.4 Å². The maximum absolute atomic E-state index is 10.9. The first kappa shape index (κ1) is 16.8. The van der Waals surface area contributed by atoms with Gasteiger partial charge in [0.05, 0.1) is 18.6 Å². The molecule has 0 unspecified atom stereocenters. The van der Waals surface area contributed by atoms with Gasteiger partial charge in [-0.2, -0.15) is 0 Å². The molecule has 1 aliphatic carbocycles. The second kappa shape index (κ2) is 7.21. The molecule has 2 aromatic rings. The molecule has 0 heterocycles. The number of benzene rings is 2. The normalized spacial score (nSPS) is 13.4. The fourth-order valence-corrected chi connectivity index (χ4v) is 3.01. The third-order valence-electron chi connectivity index (χ3n) is 4.27. The lowest BCUT2D eigenvalue weighted by Gasteiger charge is -2.09. The maximum Gasteiger partial charge on any atom is 0.270 e. The summed E-state index contributed by atoms with van der Waals surface area (Å²) in [7, 11) is 1.51. The average molecular weight is 340 g/mol. The summed E-state index contributed by atoms with van der Waals surface area (Å²) >= 11 is 0. The van der Waals surface area contributed by atoms with Crippen LogP contribution in [0.5, 0.6) is 5.75 Å². The highest BCUT2D eigenvalue weighted by atomic mass is 16.6. The van der Waals surface area contributed by atoms with Crippen molar-refractivity contribution < 1.29 is 9.66 Å². The van der Waals surface area contributed by atoms with E-state index < -0.39 is 4.92 Å². The summed E-state index contributed by atoms with van der Waals surface area (Å²) in [4.78, 5) is 14.7. The Balaban J connectivity index is 1.73. The zero-order valence-electron chi connectivity index (χ0n) is 14.0. The number of rotatable bonds is 5. The molecular formula is C18H20N4O3. The van der Waals surface area contributed by atoms with Crippen molar-refractivity contribution in [2.24, 2.45) is 10.7 Å². The Morgan fingerprint density at radius 2 is 2.08 bits per heavy atom. The first-order valence-electron chi connectivity index (χ1n) is 8.07. The topological polar surface area (TPSA) is 103 Å². The Kier molecular flexibility index (Phi) is 4.83. The van der Waals surface area contributed by atoms with Gasteiger partial charge in [0.1, 0.15) is 5.75 Å². The summed E-state index contributed by atoms with van der Waals surface area (Å²) in [5.74, 6) is 0.797. The van der Waals surface area contributed by atoms with E-state index in [-0.39, 0.29) is 18.2 Å². The van der Waals surface area contributed by atoms with E-state index in [1.165, 1.54) is 36.8 Å². The van der Waals surface area contributed by atoms with E-state index in [0.717, 1.165) is 18.5 Å². The number of hydrogen-bond donors (Lipinski definition) is 2. The van der Waals surface area contributed by atoms with E-state index in [1.807, 2.05) is 6.07 Å². The van der Waals surface area contributed by atoms with Gasteiger partial charge in [0.2, 0.25) is 0 Å². The second-order valence-electron chi connectivity index (χ2n) is 5.92. The third-order valence-corrected chi connectivity index (χ3v) is 4.27. The number of nitrogens with one attached hydrogen (secondary N) is 1. The van der Waals surface area contributed by atoms with Gasteiger partial charge in [-0.05, 0) is 48.6 Å². The highest BCUT2D eigenvalue weighted by Crippen LogP contribution is 2.26. The molecule has 0 amide bonds. The minimum absolute atomic E-state index is 0.00356. The van der Waals surface area contributed by atoms with E-state index >= 15 is 0 Å². The lowest BCUT2D eigenvalue weighted by atomic mass is 10.1. The molecule has 0 spiro atoms. The lowest BCUT2D eigenvalue weighted by molar-refractivity contribution is -0.384. The minimum atomic E-state index is -0.446. The number of aryl methyl sites for hydroxylation is 2. The molecule has 1 aliphatic rings. The molecule has 0 bridgehead atoms. The van der Waals surface area contributed by atoms with Crippen LogP contribution in [-0.4, -0.2) is 18.0 Å². The van der Waals surface area contributed by atoms with Crippen molar-refractivity contribution >= 4 is 17.3 Å². The van der Waals surface area contributed by atoms with Crippen LogP contribution in [0.25, 0.3) is 0 Å². The zero-order chi connectivity index (χ0) is 17.8. The van der Waals surface area contributed by atoms with E-state index in [9.17, 15) is 10.1 Å². The Hall–Kier alpha value is -3.09. The number of hydrogen-bond acceptors (Lipinski definition) is 4. The van der Waals surface area contributed by atoms with Gasteiger partial charge in [-0.15, -0.1) is 0 Å². The van der Waals surface area contributed by atoms with Gasteiger partial charge in [-0.1, -0.05) is 6.07 Å². The molecule has 0 aliphatic heterocycles. The molecule has 2 aromatic carbocycles. The summed E-state index contributed by atoms with van der Waals surface area (Å²) < 4.78 is 5.23. The number of aliphatic imine (C=N–C) groups is 1. The molecule has 3 N–H and O–H groups in total. The number of non-ortho nitro benzene ring substituents is 1. The SMILES string of the molecule is COc1ccc([N+](=O)[O-])cc1CN=C(N)Nc1ccc2c(c1)CCC2. The Morgan fingerprint density at radius 3 is 2.84 bits per heavy atom. The molecular weight excluding hydrogens is 320 g/mol. The highest BCUT2D eigenvalue weighted by Gasteiger charge is 2.12. The predicted molar refractivity (Wildman–Crippen MR) is 97.1 cm³/mol. The average Bonchev–Trinajstić information content (AvgIpc) is 3.07. The monoisotopic (exact) mass is 340 g/mol. The highest BCUT2D eigenvalue weighted by molar-refractivity contribution is 5.92. The number of nitro groups is 1. The molecule has 7 heteroatoms. The van der Waals surface area contributed by atoms with Crippen LogP contribution >= 0.6 is 0 Å². The number of fused-ring (bicyclic) bond motifs is 1. The number of nitrogens with zero attached hydrogens (tertiary/aromatic N) is 2. The predicted octanol–water partition coefficient (Wildman–Crippen LogP) is 3.02. The van der Waals surface area contributed by atoms with Gasteiger partial charge in [0, 0.05) is 23.4 Å². The smallest absolute Gasteiger partial charge is 0.270 e. The number of nitrogens with two attached hydrogens (primary N) is 1. The molecule has 0 saturated heterocycles. The van der Waals surface area contributed by atoms with Gasteiger partial charge in [0.15, 0.2) is 5.96 Å². The molecule has 130 valence electrons. The maximum atomic E-state index is 10.9. The van der Waals surface area contributed by atoms with Crippen molar-refractivity contribution in [2.75, 3.05) is 12.4 Å². The van der Waals surface area contributed by atoms with E-state index in [0.29, 0.717) is 11.3 Å². The Labute approximate surface area is 145 Å². The molecule has 7 nitrogen and oxygen atoms in total. The number of methoxy groups -OCH3 is 1. The summed E-state index contributed by atoms with van der Waals surface area (Å²) in [6.45, 7) is 0.189. The molecule has 25 heavy (non-hydrogen) atoms. The molecule has 0 fully saturated rings. The standard InChI is InChI=1S/C18H20N4O3/c1-25-17-8-7-16(22(23)24)10-14(17)11-20-18(19)21-15-6-5-12-3-2-4-13(12)9-15/h5-10H,2-4,11H2,1H3,(H3,19,20,21). The van der Waals surface area contributed by atoms with Crippen LogP contribution in [0.4, 0.5) is 11.4 Å². The van der Waals surface area contributed by atoms with Gasteiger partial charge in [-0.25, -0.2) is 4.99 Å². The van der Waals surface area contributed by atoms with Crippen molar-refractivity contribution in [1.29, 1.82) is 0 Å². The Morgan fingerprint density at radius 1 is 1.28 bits per heavy atom.